The summed E-state index contributed by atoms with van der Waals surface area (Å²) in [5, 5.41) is 0. The summed E-state index contributed by atoms with van der Waals surface area (Å²) in [5.74, 6) is -0.375. The maximum Gasteiger partial charge on any atom is 0.106 e. The molecule has 0 spiro atoms. The molecule has 0 bridgehead atoms. The van der Waals surface area contributed by atoms with Crippen molar-refractivity contribution in [3.63, 3.8) is 0 Å². The molecule has 0 N–H and O–H groups in total. The predicted octanol–water partition coefficient (Wildman–Crippen LogP) is -0.00361. The van der Waals surface area contributed by atoms with Gasteiger partial charge in [-0.3, -0.25) is 6.42 Å². The SMILES string of the molecule is C=O.C=O.CC(=O)[CH-]C(C)=O.[Rh]. The van der Waals surface area contributed by atoms with Gasteiger partial charge in [-0.1, -0.05) is 0 Å². The van der Waals surface area contributed by atoms with Gasteiger partial charge in [-0.2, -0.15) is 0 Å². The smallest absolute Gasteiger partial charge is 0.106 e. The van der Waals surface area contributed by atoms with E-state index >= 15 is 0 Å². The van der Waals surface area contributed by atoms with Crippen LogP contribution in [0.3, 0.4) is 0 Å². The van der Waals surface area contributed by atoms with Crippen LogP contribution >= 0.6 is 0 Å². The molecule has 0 heterocycles. The van der Waals surface area contributed by atoms with Gasteiger partial charge in [0.25, 0.3) is 0 Å². The molecule has 5 heteroatoms. The molecule has 0 amide bonds. The zero-order valence-electron chi connectivity index (χ0n) is 6.96. The van der Waals surface area contributed by atoms with Crippen LogP contribution in [0.5, 0.6) is 0 Å². The summed E-state index contributed by atoms with van der Waals surface area (Å²) in [6, 6.07) is 0. The molecule has 12 heavy (non-hydrogen) atoms. The monoisotopic (exact) mass is 262 g/mol. The summed E-state index contributed by atoms with van der Waals surface area (Å²) >= 11 is 0. The molecule has 0 aliphatic carbocycles. The zero-order chi connectivity index (χ0) is 9.86. The van der Waals surface area contributed by atoms with E-state index in [-0.39, 0.29) is 31.0 Å². The van der Waals surface area contributed by atoms with Crippen LogP contribution in [-0.2, 0) is 38.7 Å². The number of hydrogen-bond donors (Lipinski definition) is 0. The third kappa shape index (κ3) is 60.9. The fourth-order valence-electron chi connectivity index (χ4n) is 0.286. The second-order valence-corrected chi connectivity index (χ2v) is 1.37. The fraction of sp³-hybridized carbons (Fsp3) is 0.286. The molecule has 0 aliphatic rings. The van der Waals surface area contributed by atoms with E-state index in [0.29, 0.717) is 0 Å². The van der Waals surface area contributed by atoms with E-state index in [4.69, 9.17) is 9.59 Å². The van der Waals surface area contributed by atoms with Crippen LogP contribution in [0.15, 0.2) is 0 Å². The van der Waals surface area contributed by atoms with Gasteiger partial charge in [0.2, 0.25) is 0 Å². The van der Waals surface area contributed by atoms with E-state index in [0.717, 1.165) is 6.42 Å². The van der Waals surface area contributed by atoms with Crippen molar-refractivity contribution in [1.82, 2.24) is 0 Å². The molecule has 0 unspecified atom stereocenters. The average molecular weight is 262 g/mol. The van der Waals surface area contributed by atoms with Gasteiger partial charge in [0.15, 0.2) is 0 Å². The third-order valence-electron chi connectivity index (χ3n) is 0.407. The second kappa shape index (κ2) is 22.5. The summed E-state index contributed by atoms with van der Waals surface area (Å²) in [6.07, 6.45) is 1.06. The minimum absolute atomic E-state index is 0. The largest absolute Gasteiger partial charge is 0.334 e. The maximum absolute atomic E-state index is 9.98. The first-order valence-corrected chi connectivity index (χ1v) is 2.56. The fourth-order valence-corrected chi connectivity index (χ4v) is 0.286. The minimum Gasteiger partial charge on any atom is -0.334 e. The molecular weight excluding hydrogens is 251 g/mol. The molecule has 0 fully saturated rings. The standard InChI is InChI=1S/C5H7O2.2CH2O.Rh/c1-4(6)3-5(2)7;2*1-2;/h3H,1-2H3;2*1H2;/q-1;;;. The van der Waals surface area contributed by atoms with E-state index < -0.39 is 0 Å². The number of Topliss-reactive ketones (excluding diaryl/α,β-unsaturated/α-hetero) is 2. The topological polar surface area (TPSA) is 68.3 Å². The van der Waals surface area contributed by atoms with Gasteiger partial charge in [0.1, 0.15) is 13.6 Å². The Morgan fingerprint density at radius 1 is 0.917 bits per heavy atom. The van der Waals surface area contributed by atoms with Crippen molar-refractivity contribution in [2.45, 2.75) is 13.8 Å². The van der Waals surface area contributed by atoms with Gasteiger partial charge in [-0.25, -0.2) is 0 Å². The molecule has 4 nitrogen and oxygen atoms in total. The average Bonchev–Trinajstić information content (AvgIpc) is 1.93. The summed E-state index contributed by atoms with van der Waals surface area (Å²) in [5.41, 5.74) is 0. The van der Waals surface area contributed by atoms with E-state index in [1.54, 1.807) is 0 Å². The van der Waals surface area contributed by atoms with E-state index in [9.17, 15) is 9.59 Å². The number of carbonyl (C=O) groups is 4. The molecule has 1 radical (unpaired) electrons. The van der Waals surface area contributed by atoms with Crippen molar-refractivity contribution < 1.29 is 38.7 Å². The van der Waals surface area contributed by atoms with Crippen LogP contribution in [0.4, 0.5) is 0 Å². The van der Waals surface area contributed by atoms with E-state index in [1.165, 1.54) is 13.8 Å². The molecule has 0 saturated carbocycles. The van der Waals surface area contributed by atoms with Crippen molar-refractivity contribution >= 4 is 25.1 Å². The van der Waals surface area contributed by atoms with Crippen LogP contribution in [0.2, 0.25) is 0 Å². The van der Waals surface area contributed by atoms with Crippen molar-refractivity contribution in [2.75, 3.05) is 0 Å². The van der Waals surface area contributed by atoms with Crippen molar-refractivity contribution in [3.05, 3.63) is 6.42 Å². The molecular formula is C7H11O4Rh-. The van der Waals surface area contributed by atoms with Crippen molar-refractivity contribution in [1.29, 1.82) is 0 Å². The van der Waals surface area contributed by atoms with Crippen molar-refractivity contribution in [2.24, 2.45) is 0 Å². The molecule has 0 rings (SSSR count). The Labute approximate surface area is 84.5 Å². The molecule has 0 saturated heterocycles. The number of ketones is 2. The Bertz CT molecular complexity index is 111. The van der Waals surface area contributed by atoms with Crippen molar-refractivity contribution in [3.8, 4) is 0 Å². The van der Waals surface area contributed by atoms with Gasteiger partial charge in [-0.15, -0.1) is 0 Å². The minimum atomic E-state index is -0.187. The molecule has 73 valence electrons. The van der Waals surface area contributed by atoms with Crippen LogP contribution in [0.25, 0.3) is 0 Å². The first kappa shape index (κ1) is 22.5. The van der Waals surface area contributed by atoms with Crippen LogP contribution in [-0.4, -0.2) is 25.1 Å². The normalized spacial score (nSPS) is 5.17. The van der Waals surface area contributed by atoms with Gasteiger partial charge in [-0.05, 0) is 13.8 Å². The van der Waals surface area contributed by atoms with E-state index in [1.807, 2.05) is 13.6 Å². The van der Waals surface area contributed by atoms with Gasteiger partial charge in [0.05, 0.1) is 0 Å². The maximum atomic E-state index is 9.98. The first-order valence-electron chi connectivity index (χ1n) is 2.56. The third-order valence-corrected chi connectivity index (χ3v) is 0.407. The Kier molecular flexibility index (Phi) is 42.1. The molecule has 0 aliphatic heterocycles. The van der Waals surface area contributed by atoms with Crippen LogP contribution in [0.1, 0.15) is 13.8 Å². The molecule has 0 aromatic rings. The Morgan fingerprint density at radius 2 is 1.08 bits per heavy atom. The summed E-state index contributed by atoms with van der Waals surface area (Å²) in [7, 11) is 0. The first-order chi connectivity index (χ1) is 5.13. The van der Waals surface area contributed by atoms with Gasteiger partial charge >= 0.3 is 0 Å². The van der Waals surface area contributed by atoms with Gasteiger partial charge in [0, 0.05) is 31.0 Å². The predicted molar refractivity (Wildman–Crippen MR) is 39.9 cm³/mol. The summed E-state index contributed by atoms with van der Waals surface area (Å²) < 4.78 is 0. The van der Waals surface area contributed by atoms with Crippen LogP contribution in [0, 0.1) is 6.42 Å². The van der Waals surface area contributed by atoms with E-state index in [2.05, 4.69) is 0 Å². The molecule has 0 aromatic heterocycles. The Morgan fingerprint density at radius 3 is 1.08 bits per heavy atom. The number of rotatable bonds is 2. The Balaban J connectivity index is -0.0000000560. The molecule has 0 aromatic carbocycles. The van der Waals surface area contributed by atoms with Crippen LogP contribution < -0.4 is 0 Å². The van der Waals surface area contributed by atoms with Gasteiger partial charge < -0.3 is 19.2 Å². The number of carbonyl (C=O) groups excluding carboxylic acids is 4. The molecule has 0 atom stereocenters. The second-order valence-electron chi connectivity index (χ2n) is 1.37. The number of hydrogen-bond acceptors (Lipinski definition) is 4. The zero-order valence-corrected chi connectivity index (χ0v) is 8.60. The summed E-state index contributed by atoms with van der Waals surface area (Å²) in [6.45, 7) is 6.70. The quantitative estimate of drug-likeness (QED) is 0.399. The Hall–Kier alpha value is -0.827. The summed E-state index contributed by atoms with van der Waals surface area (Å²) in [4.78, 5) is 36.0.